The quantitative estimate of drug-likeness (QED) is 0.640. The lowest BCUT2D eigenvalue weighted by Gasteiger charge is -2.31. The minimum atomic E-state index is -2.75. The second-order valence-electron chi connectivity index (χ2n) is 8.02. The molecule has 0 saturated heterocycles. The van der Waals surface area contributed by atoms with E-state index < -0.39 is 18.2 Å². The molecule has 0 N–H and O–H groups in total. The Balaban J connectivity index is 2.07. The molecule has 0 atom stereocenters. The first-order valence-corrected chi connectivity index (χ1v) is 9.79. The molecule has 3 rings (SSSR count). The normalized spacial score (nSPS) is 14.4. The van der Waals surface area contributed by atoms with Crippen LogP contribution in [-0.2, 0) is 17.7 Å². The van der Waals surface area contributed by atoms with Crippen LogP contribution in [0.5, 0.6) is 0 Å². The van der Waals surface area contributed by atoms with Crippen molar-refractivity contribution >= 4 is 11.7 Å². The van der Waals surface area contributed by atoms with Crippen LogP contribution in [0.1, 0.15) is 44.4 Å². The predicted molar refractivity (Wildman–Crippen MR) is 113 cm³/mol. The Morgan fingerprint density at radius 2 is 2.03 bits per heavy atom. The zero-order valence-corrected chi connectivity index (χ0v) is 17.8. The van der Waals surface area contributed by atoms with E-state index in [0.29, 0.717) is 46.0 Å². The summed E-state index contributed by atoms with van der Waals surface area (Å²) < 4.78 is 32.2. The van der Waals surface area contributed by atoms with Gasteiger partial charge < -0.3 is 9.64 Å². The van der Waals surface area contributed by atoms with Crippen LogP contribution in [-0.4, -0.2) is 42.9 Å². The minimum absolute atomic E-state index is 0.217. The van der Waals surface area contributed by atoms with Crippen LogP contribution < -0.4 is 0 Å². The van der Waals surface area contributed by atoms with E-state index in [1.54, 1.807) is 43.9 Å². The van der Waals surface area contributed by atoms with E-state index in [1.165, 1.54) is 12.4 Å². The number of hydrogen-bond acceptors (Lipinski definition) is 5. The zero-order valence-electron chi connectivity index (χ0n) is 17.8. The first kappa shape index (κ1) is 22.3. The third-order valence-electron chi connectivity index (χ3n) is 4.57. The number of fused-ring (bicyclic) bond motifs is 1. The monoisotopic (exact) mass is 429 g/mol. The van der Waals surface area contributed by atoms with Gasteiger partial charge in [-0.2, -0.15) is 13.9 Å². The lowest BCUT2D eigenvalue weighted by atomic mass is 9.99. The number of alkyl halides is 2. The van der Waals surface area contributed by atoms with E-state index in [1.807, 2.05) is 0 Å². The average molecular weight is 429 g/mol. The highest BCUT2D eigenvalue weighted by atomic mass is 19.3. The summed E-state index contributed by atoms with van der Waals surface area (Å²) in [6.45, 7) is 10.7. The van der Waals surface area contributed by atoms with E-state index >= 15 is 0 Å². The maximum absolute atomic E-state index is 13.0. The Morgan fingerprint density at radius 1 is 1.29 bits per heavy atom. The third-order valence-corrected chi connectivity index (χ3v) is 4.57. The molecule has 1 amide bonds. The first-order chi connectivity index (χ1) is 14.6. The molecule has 0 aromatic carbocycles. The van der Waals surface area contributed by atoms with Gasteiger partial charge in [-0.05, 0) is 27.2 Å². The fourth-order valence-electron chi connectivity index (χ4n) is 3.21. The summed E-state index contributed by atoms with van der Waals surface area (Å²) in [4.78, 5) is 23.4. The van der Waals surface area contributed by atoms with Crippen molar-refractivity contribution in [2.45, 2.75) is 45.9 Å². The van der Waals surface area contributed by atoms with Gasteiger partial charge in [0, 0.05) is 29.4 Å². The fraction of sp³-hybridized carbons (Fsp3) is 0.364. The zero-order chi connectivity index (χ0) is 22.8. The average Bonchev–Trinajstić information content (AvgIpc) is 3.20. The van der Waals surface area contributed by atoms with Crippen molar-refractivity contribution in [3.8, 4) is 11.3 Å². The molecule has 31 heavy (non-hydrogen) atoms. The van der Waals surface area contributed by atoms with Crippen LogP contribution in [0.4, 0.5) is 13.6 Å². The van der Waals surface area contributed by atoms with E-state index in [0.717, 1.165) is 5.56 Å². The SMILES string of the molecule is C=C/C=C(\C=C)c1nc2c(c(-c3cnn(C(F)F)c3)n1)CCN(C(=O)OC(C)(C)C)C2. The summed E-state index contributed by atoms with van der Waals surface area (Å²) in [5.74, 6) is 0.361. The van der Waals surface area contributed by atoms with Gasteiger partial charge in [-0.15, -0.1) is 0 Å². The summed E-state index contributed by atoms with van der Waals surface area (Å²) in [5, 5.41) is 3.73. The van der Waals surface area contributed by atoms with Gasteiger partial charge in [-0.1, -0.05) is 31.4 Å². The Hall–Kier alpha value is -3.36. The summed E-state index contributed by atoms with van der Waals surface area (Å²) in [6, 6.07) is 0. The Labute approximate surface area is 179 Å². The largest absolute Gasteiger partial charge is 0.444 e. The van der Waals surface area contributed by atoms with Gasteiger partial charge in [0.25, 0.3) is 0 Å². The minimum Gasteiger partial charge on any atom is -0.444 e. The van der Waals surface area contributed by atoms with Gasteiger partial charge in [0.15, 0.2) is 5.82 Å². The number of rotatable bonds is 5. The lowest BCUT2D eigenvalue weighted by molar-refractivity contribution is 0.0220. The smallest absolute Gasteiger partial charge is 0.410 e. The number of aromatic nitrogens is 4. The molecule has 164 valence electrons. The van der Waals surface area contributed by atoms with Gasteiger partial charge in [-0.25, -0.2) is 19.4 Å². The van der Waals surface area contributed by atoms with Crippen LogP contribution in [0.15, 0.2) is 43.8 Å². The van der Waals surface area contributed by atoms with Crippen molar-refractivity contribution in [1.29, 1.82) is 0 Å². The van der Waals surface area contributed by atoms with Crippen molar-refractivity contribution in [2.75, 3.05) is 6.54 Å². The van der Waals surface area contributed by atoms with E-state index in [4.69, 9.17) is 4.74 Å². The molecule has 0 spiro atoms. The standard InChI is InChI=1S/C22H25F2N5O2/c1-6-8-14(7-2)19-26-17-13-28(21(30)31-22(3,4)5)10-9-16(17)18(27-19)15-11-25-29(12-15)20(23)24/h6-8,11-12,20H,1-2,9-10,13H2,3-5H3/b14-8+. The third kappa shape index (κ3) is 5.04. The summed E-state index contributed by atoms with van der Waals surface area (Å²) >= 11 is 0. The van der Waals surface area contributed by atoms with Gasteiger partial charge in [0.05, 0.1) is 24.1 Å². The number of ether oxygens (including phenoxy) is 1. The van der Waals surface area contributed by atoms with Gasteiger partial charge in [0.1, 0.15) is 5.60 Å². The number of carbonyl (C=O) groups excluding carboxylic acids is 1. The first-order valence-electron chi connectivity index (χ1n) is 9.79. The fourth-order valence-corrected chi connectivity index (χ4v) is 3.21. The molecule has 0 radical (unpaired) electrons. The number of nitrogens with zero attached hydrogens (tertiary/aromatic N) is 5. The topological polar surface area (TPSA) is 73.1 Å². The molecule has 7 nitrogen and oxygen atoms in total. The molecule has 2 aromatic rings. The molecular weight excluding hydrogens is 404 g/mol. The highest BCUT2D eigenvalue weighted by Gasteiger charge is 2.29. The Morgan fingerprint density at radius 3 is 2.61 bits per heavy atom. The molecule has 0 saturated carbocycles. The number of allylic oxidation sites excluding steroid dienone is 4. The molecule has 0 fully saturated rings. The van der Waals surface area contributed by atoms with Crippen molar-refractivity contribution < 1.29 is 18.3 Å². The van der Waals surface area contributed by atoms with E-state index in [2.05, 4.69) is 28.2 Å². The highest BCUT2D eigenvalue weighted by molar-refractivity contribution is 5.74. The van der Waals surface area contributed by atoms with Gasteiger partial charge in [-0.3, -0.25) is 0 Å². The number of amides is 1. The predicted octanol–water partition coefficient (Wildman–Crippen LogP) is 4.78. The molecule has 0 aliphatic carbocycles. The maximum Gasteiger partial charge on any atom is 0.410 e. The van der Waals surface area contributed by atoms with Crippen LogP contribution in [0.2, 0.25) is 0 Å². The molecule has 3 heterocycles. The van der Waals surface area contributed by atoms with Gasteiger partial charge in [0.2, 0.25) is 0 Å². The molecular formula is C22H25F2N5O2. The van der Waals surface area contributed by atoms with Gasteiger partial charge >= 0.3 is 12.6 Å². The van der Waals surface area contributed by atoms with Crippen molar-refractivity contribution in [2.24, 2.45) is 0 Å². The summed E-state index contributed by atoms with van der Waals surface area (Å²) in [5.41, 5.74) is 2.37. The number of carbonyl (C=O) groups is 1. The van der Waals surface area contributed by atoms with E-state index in [-0.39, 0.29) is 6.54 Å². The second kappa shape index (κ2) is 8.79. The molecule has 1 aliphatic rings. The maximum atomic E-state index is 13.0. The summed E-state index contributed by atoms with van der Waals surface area (Å²) in [6.07, 6.45) is 7.50. The van der Waals surface area contributed by atoms with Crippen LogP contribution in [0, 0.1) is 0 Å². The van der Waals surface area contributed by atoms with Crippen LogP contribution in [0.3, 0.4) is 0 Å². The molecule has 9 heteroatoms. The van der Waals surface area contributed by atoms with Crippen molar-refractivity contribution in [3.63, 3.8) is 0 Å². The van der Waals surface area contributed by atoms with Crippen molar-refractivity contribution in [1.82, 2.24) is 24.6 Å². The molecule has 2 aromatic heterocycles. The molecule has 0 unspecified atom stereocenters. The Kier molecular flexibility index (Phi) is 6.33. The highest BCUT2D eigenvalue weighted by Crippen LogP contribution is 2.31. The molecule has 0 bridgehead atoms. The van der Waals surface area contributed by atoms with Crippen LogP contribution >= 0.6 is 0 Å². The Bertz CT molecular complexity index is 1040. The lowest BCUT2D eigenvalue weighted by Crippen LogP contribution is -2.40. The van der Waals surface area contributed by atoms with E-state index in [9.17, 15) is 13.6 Å². The second-order valence-corrected chi connectivity index (χ2v) is 8.02. The number of halogens is 2. The number of hydrogen-bond donors (Lipinski definition) is 0. The van der Waals surface area contributed by atoms with Crippen molar-refractivity contribution in [3.05, 3.63) is 60.9 Å². The summed E-state index contributed by atoms with van der Waals surface area (Å²) in [7, 11) is 0. The molecule has 1 aliphatic heterocycles. The van der Waals surface area contributed by atoms with Crippen LogP contribution in [0.25, 0.3) is 16.8 Å².